The van der Waals surface area contributed by atoms with E-state index in [1.54, 1.807) is 0 Å². The van der Waals surface area contributed by atoms with E-state index in [-0.39, 0.29) is 6.61 Å². The molecular weight excluding hydrogens is 262 g/mol. The Hall–Kier alpha value is -2.31. The molecule has 1 aromatic carbocycles. The number of pyridine rings is 1. The SMILES string of the molecule is Cc1cccc(COc2ccc(C#CCCO)cc2C)n1. The molecule has 0 amide bonds. The first-order valence-corrected chi connectivity index (χ1v) is 6.95. The Morgan fingerprint density at radius 1 is 1.19 bits per heavy atom. The lowest BCUT2D eigenvalue weighted by Gasteiger charge is -2.09. The highest BCUT2D eigenvalue weighted by Gasteiger charge is 2.02. The molecule has 0 saturated heterocycles. The van der Waals surface area contributed by atoms with Crippen LogP contribution >= 0.6 is 0 Å². The van der Waals surface area contributed by atoms with Crippen LogP contribution in [0.15, 0.2) is 36.4 Å². The zero-order valence-corrected chi connectivity index (χ0v) is 12.4. The summed E-state index contributed by atoms with van der Waals surface area (Å²) < 4.78 is 5.81. The van der Waals surface area contributed by atoms with Crippen LogP contribution in [0.3, 0.4) is 0 Å². The van der Waals surface area contributed by atoms with Crippen LogP contribution in [0.2, 0.25) is 0 Å². The normalized spacial score (nSPS) is 9.86. The summed E-state index contributed by atoms with van der Waals surface area (Å²) in [6, 6.07) is 11.7. The molecule has 0 radical (unpaired) electrons. The van der Waals surface area contributed by atoms with Crippen molar-refractivity contribution in [2.24, 2.45) is 0 Å². The van der Waals surface area contributed by atoms with Crippen molar-refractivity contribution in [3.63, 3.8) is 0 Å². The molecule has 0 atom stereocenters. The molecule has 2 aromatic rings. The van der Waals surface area contributed by atoms with Crippen molar-refractivity contribution < 1.29 is 9.84 Å². The minimum absolute atomic E-state index is 0.0939. The lowest BCUT2D eigenvalue weighted by molar-refractivity contribution is 0.299. The molecule has 0 saturated carbocycles. The van der Waals surface area contributed by atoms with Gasteiger partial charge in [-0.3, -0.25) is 4.98 Å². The van der Waals surface area contributed by atoms with Crippen LogP contribution in [-0.2, 0) is 6.61 Å². The average Bonchev–Trinajstić information content (AvgIpc) is 2.47. The number of aliphatic hydroxyl groups excluding tert-OH is 1. The highest BCUT2D eigenvalue weighted by molar-refractivity contribution is 5.43. The fraction of sp³-hybridized carbons (Fsp3) is 0.278. The molecular formula is C18H19NO2. The van der Waals surface area contributed by atoms with Crippen molar-refractivity contribution >= 4 is 0 Å². The van der Waals surface area contributed by atoms with Gasteiger partial charge < -0.3 is 9.84 Å². The van der Waals surface area contributed by atoms with E-state index in [9.17, 15) is 0 Å². The first kappa shape index (κ1) is 15.1. The Labute approximate surface area is 125 Å². The van der Waals surface area contributed by atoms with Gasteiger partial charge in [0.25, 0.3) is 0 Å². The van der Waals surface area contributed by atoms with Crippen LogP contribution in [0.4, 0.5) is 0 Å². The number of benzene rings is 1. The predicted molar refractivity (Wildman–Crippen MR) is 83.1 cm³/mol. The molecule has 0 aliphatic carbocycles. The third-order valence-corrected chi connectivity index (χ3v) is 2.97. The smallest absolute Gasteiger partial charge is 0.130 e. The topological polar surface area (TPSA) is 42.4 Å². The average molecular weight is 281 g/mol. The van der Waals surface area contributed by atoms with Gasteiger partial charge in [0.1, 0.15) is 12.4 Å². The van der Waals surface area contributed by atoms with Gasteiger partial charge in [-0.2, -0.15) is 0 Å². The second-order valence-electron chi connectivity index (χ2n) is 4.81. The highest BCUT2D eigenvalue weighted by atomic mass is 16.5. The predicted octanol–water partition coefficient (Wildman–Crippen LogP) is 3.01. The molecule has 0 bridgehead atoms. The Morgan fingerprint density at radius 2 is 2.05 bits per heavy atom. The van der Waals surface area contributed by atoms with Crippen LogP contribution in [-0.4, -0.2) is 16.7 Å². The van der Waals surface area contributed by atoms with Gasteiger partial charge in [0, 0.05) is 17.7 Å². The molecule has 1 aromatic heterocycles. The van der Waals surface area contributed by atoms with Gasteiger partial charge in [0.15, 0.2) is 0 Å². The molecule has 0 aliphatic heterocycles. The van der Waals surface area contributed by atoms with Crippen LogP contribution in [0, 0.1) is 25.7 Å². The Bertz CT molecular complexity index is 668. The summed E-state index contributed by atoms with van der Waals surface area (Å²) in [7, 11) is 0. The maximum atomic E-state index is 8.71. The Morgan fingerprint density at radius 3 is 2.76 bits per heavy atom. The van der Waals surface area contributed by atoms with E-state index in [1.807, 2.05) is 50.2 Å². The van der Waals surface area contributed by atoms with Crippen molar-refractivity contribution in [1.29, 1.82) is 0 Å². The summed E-state index contributed by atoms with van der Waals surface area (Å²) >= 11 is 0. The van der Waals surface area contributed by atoms with Crippen LogP contribution in [0.5, 0.6) is 5.75 Å². The number of aliphatic hydroxyl groups is 1. The quantitative estimate of drug-likeness (QED) is 0.876. The summed E-state index contributed by atoms with van der Waals surface area (Å²) in [5, 5.41) is 8.71. The van der Waals surface area contributed by atoms with Crippen LogP contribution in [0.1, 0.15) is 28.9 Å². The fourth-order valence-corrected chi connectivity index (χ4v) is 1.94. The Kier molecular flexibility index (Phi) is 5.36. The molecule has 0 spiro atoms. The van der Waals surface area contributed by atoms with Crippen molar-refractivity contribution in [2.75, 3.05) is 6.61 Å². The van der Waals surface area contributed by atoms with Gasteiger partial charge in [-0.05, 0) is 49.7 Å². The summed E-state index contributed by atoms with van der Waals surface area (Å²) in [6.45, 7) is 4.51. The molecule has 0 aliphatic rings. The van der Waals surface area contributed by atoms with Gasteiger partial charge in [-0.15, -0.1) is 0 Å². The lowest BCUT2D eigenvalue weighted by Crippen LogP contribution is -2.00. The zero-order valence-electron chi connectivity index (χ0n) is 12.4. The number of aromatic nitrogens is 1. The summed E-state index contributed by atoms with van der Waals surface area (Å²) in [4.78, 5) is 4.41. The van der Waals surface area contributed by atoms with Gasteiger partial charge in [0.05, 0.1) is 12.3 Å². The minimum atomic E-state index is 0.0939. The summed E-state index contributed by atoms with van der Waals surface area (Å²) in [5.74, 6) is 6.77. The number of nitrogens with zero attached hydrogens (tertiary/aromatic N) is 1. The van der Waals surface area contributed by atoms with Gasteiger partial charge in [-0.1, -0.05) is 17.9 Å². The second kappa shape index (κ2) is 7.47. The van der Waals surface area contributed by atoms with Gasteiger partial charge in [0.2, 0.25) is 0 Å². The number of rotatable bonds is 4. The van der Waals surface area contributed by atoms with Crippen LogP contribution < -0.4 is 4.74 Å². The van der Waals surface area contributed by atoms with Crippen LogP contribution in [0.25, 0.3) is 0 Å². The highest BCUT2D eigenvalue weighted by Crippen LogP contribution is 2.19. The van der Waals surface area contributed by atoms with E-state index in [4.69, 9.17) is 9.84 Å². The van der Waals surface area contributed by atoms with E-state index < -0.39 is 0 Å². The van der Waals surface area contributed by atoms with Crippen molar-refractivity contribution in [3.8, 4) is 17.6 Å². The van der Waals surface area contributed by atoms with E-state index in [1.165, 1.54) is 0 Å². The van der Waals surface area contributed by atoms with E-state index in [2.05, 4.69) is 16.8 Å². The molecule has 3 heteroatoms. The molecule has 3 nitrogen and oxygen atoms in total. The monoisotopic (exact) mass is 281 g/mol. The maximum absolute atomic E-state index is 8.71. The largest absolute Gasteiger partial charge is 0.487 e. The number of hydrogen-bond donors (Lipinski definition) is 1. The standard InChI is InChI=1S/C18H19NO2/c1-14-12-16(7-3-4-11-20)9-10-18(14)21-13-17-8-5-6-15(2)19-17/h5-6,8-10,12,20H,4,11,13H2,1-2H3. The first-order valence-electron chi connectivity index (χ1n) is 6.95. The maximum Gasteiger partial charge on any atom is 0.130 e. The molecule has 0 unspecified atom stereocenters. The Balaban J connectivity index is 2.03. The van der Waals surface area contributed by atoms with E-state index in [0.717, 1.165) is 28.3 Å². The number of aryl methyl sites for hydroxylation is 2. The minimum Gasteiger partial charge on any atom is -0.487 e. The van der Waals surface area contributed by atoms with Crippen molar-refractivity contribution in [2.45, 2.75) is 26.9 Å². The second-order valence-corrected chi connectivity index (χ2v) is 4.81. The summed E-state index contributed by atoms with van der Waals surface area (Å²) in [5.41, 5.74) is 3.88. The van der Waals surface area contributed by atoms with E-state index in [0.29, 0.717) is 13.0 Å². The van der Waals surface area contributed by atoms with Crippen molar-refractivity contribution in [3.05, 3.63) is 58.9 Å². The van der Waals surface area contributed by atoms with Gasteiger partial charge in [-0.25, -0.2) is 0 Å². The molecule has 1 N–H and O–H groups in total. The number of ether oxygens (including phenoxy) is 1. The third-order valence-electron chi connectivity index (χ3n) is 2.97. The molecule has 21 heavy (non-hydrogen) atoms. The molecule has 2 rings (SSSR count). The van der Waals surface area contributed by atoms with Crippen molar-refractivity contribution in [1.82, 2.24) is 4.98 Å². The molecule has 108 valence electrons. The third kappa shape index (κ3) is 4.62. The number of hydrogen-bond acceptors (Lipinski definition) is 3. The van der Waals surface area contributed by atoms with Gasteiger partial charge >= 0.3 is 0 Å². The lowest BCUT2D eigenvalue weighted by atomic mass is 10.1. The summed E-state index contributed by atoms with van der Waals surface area (Å²) in [6.07, 6.45) is 0.496. The first-order chi connectivity index (χ1) is 10.2. The molecule has 1 heterocycles. The van der Waals surface area contributed by atoms with E-state index >= 15 is 0 Å². The fourth-order valence-electron chi connectivity index (χ4n) is 1.94. The molecule has 0 fully saturated rings. The zero-order chi connectivity index (χ0) is 15.1.